The van der Waals surface area contributed by atoms with Crippen molar-refractivity contribution in [2.75, 3.05) is 19.0 Å². The highest BCUT2D eigenvalue weighted by Gasteiger charge is 2.17. The van der Waals surface area contributed by atoms with Crippen molar-refractivity contribution < 1.29 is 14.3 Å². The minimum atomic E-state index is -0.256. The van der Waals surface area contributed by atoms with Gasteiger partial charge in [-0.15, -0.1) is 10.2 Å². The fraction of sp³-hybridized carbons (Fsp3) is 0.222. The molecule has 1 N–H and O–H groups in total. The molecule has 0 saturated carbocycles. The standard InChI is InChI=1S/C27H28N6O3S/c1-3-16-36-24-11-7-20(8-12-24)17-29-30-25(34)19-37-27-32-31-26(21-6-5-15-28-18-21)33(27)22-9-13-23(14-10-22)35-4-2/h5-15,17-18H,3-4,16,19H2,1-2H3,(H,30,34). The number of hydrazone groups is 1. The quantitative estimate of drug-likeness (QED) is 0.164. The Labute approximate surface area is 219 Å². The maximum Gasteiger partial charge on any atom is 0.250 e. The molecule has 0 aliphatic carbocycles. The molecule has 0 spiro atoms. The monoisotopic (exact) mass is 516 g/mol. The summed E-state index contributed by atoms with van der Waals surface area (Å²) in [6.45, 7) is 5.27. The van der Waals surface area contributed by atoms with Crippen LogP contribution in [0.25, 0.3) is 17.1 Å². The fourth-order valence-corrected chi connectivity index (χ4v) is 4.09. The molecule has 2 heterocycles. The van der Waals surface area contributed by atoms with Gasteiger partial charge in [-0.1, -0.05) is 18.7 Å². The predicted octanol–water partition coefficient (Wildman–Crippen LogP) is 4.76. The number of benzene rings is 2. The Morgan fingerprint density at radius 1 is 1.03 bits per heavy atom. The molecule has 10 heteroatoms. The highest BCUT2D eigenvalue weighted by atomic mass is 32.2. The largest absolute Gasteiger partial charge is 0.494 e. The SMILES string of the molecule is CCCOc1ccc(C=NNC(=O)CSc2nnc(-c3cccnc3)n2-c2ccc(OCC)cc2)cc1. The molecule has 0 aliphatic heterocycles. The van der Waals surface area contributed by atoms with Gasteiger partial charge in [0.05, 0.1) is 25.2 Å². The first-order valence-corrected chi connectivity index (χ1v) is 12.9. The van der Waals surface area contributed by atoms with E-state index in [2.05, 4.69) is 32.6 Å². The van der Waals surface area contributed by atoms with Crippen LogP contribution < -0.4 is 14.9 Å². The Morgan fingerprint density at radius 2 is 1.78 bits per heavy atom. The average molecular weight is 517 g/mol. The van der Waals surface area contributed by atoms with Gasteiger partial charge in [0.15, 0.2) is 11.0 Å². The normalized spacial score (nSPS) is 11.0. The number of amides is 1. The van der Waals surface area contributed by atoms with Crippen molar-refractivity contribution in [1.82, 2.24) is 25.2 Å². The summed E-state index contributed by atoms with van der Waals surface area (Å²) in [6.07, 6.45) is 5.98. The van der Waals surface area contributed by atoms with Gasteiger partial charge in [-0.25, -0.2) is 5.43 Å². The lowest BCUT2D eigenvalue weighted by Gasteiger charge is -2.11. The van der Waals surface area contributed by atoms with Gasteiger partial charge in [0.25, 0.3) is 5.91 Å². The molecule has 0 saturated heterocycles. The van der Waals surface area contributed by atoms with Crippen LogP contribution in [0.15, 0.2) is 83.3 Å². The zero-order valence-electron chi connectivity index (χ0n) is 20.7. The summed E-state index contributed by atoms with van der Waals surface area (Å²) in [4.78, 5) is 16.7. The van der Waals surface area contributed by atoms with Crippen molar-refractivity contribution in [3.63, 3.8) is 0 Å². The lowest BCUT2D eigenvalue weighted by atomic mass is 10.2. The minimum Gasteiger partial charge on any atom is -0.494 e. The summed E-state index contributed by atoms with van der Waals surface area (Å²) in [6, 6.07) is 18.9. The van der Waals surface area contributed by atoms with E-state index in [9.17, 15) is 4.79 Å². The van der Waals surface area contributed by atoms with Crippen molar-refractivity contribution in [3.8, 4) is 28.6 Å². The lowest BCUT2D eigenvalue weighted by molar-refractivity contribution is -0.118. The first-order valence-electron chi connectivity index (χ1n) is 11.9. The molecule has 0 fully saturated rings. The first-order chi connectivity index (χ1) is 18.2. The number of nitrogens with one attached hydrogen (secondary N) is 1. The molecule has 1 amide bonds. The second-order valence-electron chi connectivity index (χ2n) is 7.81. The van der Waals surface area contributed by atoms with Gasteiger partial charge < -0.3 is 9.47 Å². The Morgan fingerprint density at radius 3 is 2.49 bits per heavy atom. The number of ether oxygens (including phenoxy) is 2. The van der Waals surface area contributed by atoms with E-state index in [1.807, 2.05) is 72.2 Å². The molecule has 37 heavy (non-hydrogen) atoms. The van der Waals surface area contributed by atoms with Crippen molar-refractivity contribution in [3.05, 3.63) is 78.6 Å². The van der Waals surface area contributed by atoms with Gasteiger partial charge in [0.2, 0.25) is 0 Å². The van der Waals surface area contributed by atoms with Crippen LogP contribution in [0.2, 0.25) is 0 Å². The van der Waals surface area contributed by atoms with Gasteiger partial charge in [-0.3, -0.25) is 14.3 Å². The number of rotatable bonds is 12. The van der Waals surface area contributed by atoms with Gasteiger partial charge in [-0.05, 0) is 79.6 Å². The molecular weight excluding hydrogens is 488 g/mol. The van der Waals surface area contributed by atoms with Gasteiger partial charge in [0, 0.05) is 23.6 Å². The summed E-state index contributed by atoms with van der Waals surface area (Å²) in [7, 11) is 0. The van der Waals surface area contributed by atoms with Gasteiger partial charge in [0.1, 0.15) is 11.5 Å². The Bertz CT molecular complexity index is 1310. The molecule has 9 nitrogen and oxygen atoms in total. The molecule has 2 aromatic heterocycles. The number of hydrogen-bond acceptors (Lipinski definition) is 8. The maximum absolute atomic E-state index is 12.5. The van der Waals surface area contributed by atoms with E-state index in [4.69, 9.17) is 9.47 Å². The third-order valence-corrected chi connectivity index (χ3v) is 5.98. The van der Waals surface area contributed by atoms with Crippen LogP contribution in [-0.4, -0.2) is 50.8 Å². The van der Waals surface area contributed by atoms with E-state index in [0.717, 1.165) is 34.7 Å². The Balaban J connectivity index is 1.43. The van der Waals surface area contributed by atoms with Crippen molar-refractivity contribution >= 4 is 23.9 Å². The van der Waals surface area contributed by atoms with Crippen LogP contribution in [0.1, 0.15) is 25.8 Å². The maximum atomic E-state index is 12.5. The van der Waals surface area contributed by atoms with Crippen molar-refractivity contribution in [1.29, 1.82) is 0 Å². The van der Waals surface area contributed by atoms with E-state index in [1.165, 1.54) is 11.8 Å². The Kier molecular flexibility index (Phi) is 9.25. The number of carbonyl (C=O) groups excluding carboxylic acids is 1. The zero-order chi connectivity index (χ0) is 25.9. The second-order valence-corrected chi connectivity index (χ2v) is 8.75. The molecule has 190 valence electrons. The number of pyridine rings is 1. The summed E-state index contributed by atoms with van der Waals surface area (Å²) in [5.41, 5.74) is 5.08. The van der Waals surface area contributed by atoms with Crippen LogP contribution in [0.5, 0.6) is 11.5 Å². The average Bonchev–Trinajstić information content (AvgIpc) is 3.36. The number of carbonyl (C=O) groups is 1. The van der Waals surface area contributed by atoms with Crippen molar-refractivity contribution in [2.24, 2.45) is 5.10 Å². The van der Waals surface area contributed by atoms with Crippen LogP contribution >= 0.6 is 11.8 Å². The summed E-state index contributed by atoms with van der Waals surface area (Å²) in [5.74, 6) is 2.07. The third kappa shape index (κ3) is 7.17. The van der Waals surface area contributed by atoms with E-state index < -0.39 is 0 Å². The minimum absolute atomic E-state index is 0.114. The number of thioether (sulfide) groups is 1. The Hall–Kier alpha value is -4.18. The van der Waals surface area contributed by atoms with E-state index in [0.29, 0.717) is 24.2 Å². The number of nitrogens with zero attached hydrogens (tertiary/aromatic N) is 5. The third-order valence-electron chi connectivity index (χ3n) is 5.05. The number of aromatic nitrogens is 4. The predicted molar refractivity (Wildman–Crippen MR) is 144 cm³/mol. The van der Waals surface area contributed by atoms with E-state index in [-0.39, 0.29) is 11.7 Å². The molecule has 4 rings (SSSR count). The molecular formula is C27H28N6O3S. The molecule has 0 bridgehead atoms. The molecule has 0 unspecified atom stereocenters. The van der Waals surface area contributed by atoms with Gasteiger partial charge >= 0.3 is 0 Å². The first kappa shape index (κ1) is 25.9. The highest BCUT2D eigenvalue weighted by molar-refractivity contribution is 7.99. The van der Waals surface area contributed by atoms with E-state index >= 15 is 0 Å². The van der Waals surface area contributed by atoms with Gasteiger partial charge in [-0.2, -0.15) is 5.10 Å². The van der Waals surface area contributed by atoms with Crippen molar-refractivity contribution in [2.45, 2.75) is 25.4 Å². The summed E-state index contributed by atoms with van der Waals surface area (Å²) in [5, 5.41) is 13.4. The van der Waals surface area contributed by atoms with Crippen LogP contribution in [0.3, 0.4) is 0 Å². The molecule has 0 aliphatic rings. The topological polar surface area (TPSA) is 104 Å². The summed E-state index contributed by atoms with van der Waals surface area (Å²) >= 11 is 1.27. The molecule has 0 atom stereocenters. The smallest absolute Gasteiger partial charge is 0.250 e. The zero-order valence-corrected chi connectivity index (χ0v) is 21.5. The lowest BCUT2D eigenvalue weighted by Crippen LogP contribution is -2.20. The molecule has 2 aromatic carbocycles. The van der Waals surface area contributed by atoms with Crippen LogP contribution in [0, 0.1) is 0 Å². The van der Waals surface area contributed by atoms with Crippen LogP contribution in [-0.2, 0) is 4.79 Å². The van der Waals surface area contributed by atoms with Crippen LogP contribution in [0.4, 0.5) is 0 Å². The summed E-state index contributed by atoms with van der Waals surface area (Å²) < 4.78 is 13.0. The number of hydrogen-bond donors (Lipinski definition) is 1. The highest BCUT2D eigenvalue weighted by Crippen LogP contribution is 2.28. The molecule has 4 aromatic rings. The molecule has 0 radical (unpaired) electrons. The second kappa shape index (κ2) is 13.2. The van der Waals surface area contributed by atoms with E-state index in [1.54, 1.807) is 18.6 Å². The fourth-order valence-electron chi connectivity index (χ4n) is 3.35.